The monoisotopic (exact) mass is 226 g/mol. The number of carboxylic acid groups (broad SMARTS) is 1. The molecular formula is C9H14N4O3. The van der Waals surface area contributed by atoms with Crippen LogP contribution < -0.4 is 5.32 Å². The zero-order chi connectivity index (χ0) is 12.0. The van der Waals surface area contributed by atoms with Crippen LogP contribution in [0.15, 0.2) is 12.7 Å². The first-order chi connectivity index (χ1) is 7.58. The van der Waals surface area contributed by atoms with E-state index in [-0.39, 0.29) is 24.9 Å². The van der Waals surface area contributed by atoms with E-state index in [4.69, 9.17) is 5.11 Å². The normalized spacial score (nSPS) is 12.1. The van der Waals surface area contributed by atoms with Crippen LogP contribution in [0.5, 0.6) is 0 Å². The van der Waals surface area contributed by atoms with E-state index in [1.165, 1.54) is 17.3 Å². The molecule has 0 saturated carbocycles. The predicted molar refractivity (Wildman–Crippen MR) is 54.5 cm³/mol. The van der Waals surface area contributed by atoms with Crippen molar-refractivity contribution in [2.45, 2.75) is 32.4 Å². The first-order valence-corrected chi connectivity index (χ1v) is 4.91. The summed E-state index contributed by atoms with van der Waals surface area (Å²) in [5, 5.41) is 14.9. The second-order valence-corrected chi connectivity index (χ2v) is 3.49. The van der Waals surface area contributed by atoms with Crippen molar-refractivity contribution in [3.63, 3.8) is 0 Å². The molecule has 0 aliphatic rings. The molecule has 0 spiro atoms. The van der Waals surface area contributed by atoms with Gasteiger partial charge in [0.05, 0.1) is 0 Å². The zero-order valence-electron chi connectivity index (χ0n) is 8.96. The Morgan fingerprint density at radius 2 is 2.31 bits per heavy atom. The number of rotatable bonds is 6. The minimum Gasteiger partial charge on any atom is -0.481 e. The molecule has 1 heterocycles. The Bertz CT molecular complexity index is 350. The summed E-state index contributed by atoms with van der Waals surface area (Å²) in [6.45, 7) is 1.86. The summed E-state index contributed by atoms with van der Waals surface area (Å²) in [7, 11) is 0. The number of aliphatic carboxylic acids is 1. The molecule has 2 N–H and O–H groups in total. The molecule has 88 valence electrons. The summed E-state index contributed by atoms with van der Waals surface area (Å²) in [6, 6.07) is -0.160. The highest BCUT2D eigenvalue weighted by Gasteiger charge is 2.09. The average molecular weight is 226 g/mol. The lowest BCUT2D eigenvalue weighted by Gasteiger charge is -2.12. The van der Waals surface area contributed by atoms with Gasteiger partial charge in [-0.3, -0.25) is 9.59 Å². The lowest BCUT2D eigenvalue weighted by atomic mass is 10.2. The van der Waals surface area contributed by atoms with Crippen molar-refractivity contribution >= 4 is 11.9 Å². The number of nitrogens with zero attached hydrogens (tertiary/aromatic N) is 3. The Morgan fingerprint density at radius 3 is 2.88 bits per heavy atom. The average Bonchev–Trinajstić information content (AvgIpc) is 2.67. The summed E-state index contributed by atoms with van der Waals surface area (Å²) in [5.41, 5.74) is 0. The fourth-order valence-electron chi connectivity index (χ4n) is 1.19. The summed E-state index contributed by atoms with van der Waals surface area (Å²) < 4.78 is 1.40. The van der Waals surface area contributed by atoms with Crippen molar-refractivity contribution in [2.24, 2.45) is 0 Å². The van der Waals surface area contributed by atoms with Crippen LogP contribution in [0.2, 0.25) is 0 Å². The van der Waals surface area contributed by atoms with Crippen molar-refractivity contribution in [1.82, 2.24) is 20.1 Å². The van der Waals surface area contributed by atoms with E-state index in [9.17, 15) is 9.59 Å². The van der Waals surface area contributed by atoms with Crippen molar-refractivity contribution in [2.75, 3.05) is 0 Å². The molecule has 1 rings (SSSR count). The number of carbonyl (C=O) groups is 2. The summed E-state index contributed by atoms with van der Waals surface area (Å²) >= 11 is 0. The molecule has 0 aliphatic heterocycles. The van der Waals surface area contributed by atoms with Crippen LogP contribution >= 0.6 is 0 Å². The third-order valence-electron chi connectivity index (χ3n) is 1.97. The maximum atomic E-state index is 11.4. The van der Waals surface area contributed by atoms with Crippen LogP contribution in [0.1, 0.15) is 19.8 Å². The Balaban J connectivity index is 2.25. The fraction of sp³-hybridized carbons (Fsp3) is 0.556. The summed E-state index contributed by atoms with van der Waals surface area (Å²) in [6.07, 6.45) is 3.26. The molecule has 1 aromatic heterocycles. The zero-order valence-corrected chi connectivity index (χ0v) is 8.96. The van der Waals surface area contributed by atoms with Gasteiger partial charge in [-0.05, 0) is 13.3 Å². The Kier molecular flexibility index (Phi) is 4.43. The molecule has 0 fully saturated rings. The SMILES string of the molecule is CC(CCC(=O)O)NC(=O)Cn1cncn1. The van der Waals surface area contributed by atoms with Crippen LogP contribution in [0.3, 0.4) is 0 Å². The molecule has 7 heteroatoms. The molecule has 1 atom stereocenters. The van der Waals surface area contributed by atoms with Crippen LogP contribution in [-0.4, -0.2) is 37.8 Å². The topological polar surface area (TPSA) is 97.1 Å². The van der Waals surface area contributed by atoms with Crippen molar-refractivity contribution in [1.29, 1.82) is 0 Å². The van der Waals surface area contributed by atoms with Crippen molar-refractivity contribution in [3.05, 3.63) is 12.7 Å². The van der Waals surface area contributed by atoms with Gasteiger partial charge < -0.3 is 10.4 Å². The number of hydrogen-bond acceptors (Lipinski definition) is 4. The fourth-order valence-corrected chi connectivity index (χ4v) is 1.19. The number of hydrogen-bond donors (Lipinski definition) is 2. The highest BCUT2D eigenvalue weighted by molar-refractivity contribution is 5.76. The molecule has 0 aliphatic carbocycles. The molecule has 16 heavy (non-hydrogen) atoms. The van der Waals surface area contributed by atoms with Crippen LogP contribution in [0, 0.1) is 0 Å². The van der Waals surface area contributed by atoms with Crippen LogP contribution in [-0.2, 0) is 16.1 Å². The van der Waals surface area contributed by atoms with Gasteiger partial charge in [-0.15, -0.1) is 0 Å². The number of aromatic nitrogens is 3. The number of amides is 1. The summed E-state index contributed by atoms with van der Waals surface area (Å²) in [5.74, 6) is -1.07. The second kappa shape index (κ2) is 5.84. The standard InChI is InChI=1S/C9H14N4O3/c1-7(2-3-9(15)16)12-8(14)4-13-6-10-5-11-13/h5-7H,2-4H2,1H3,(H,12,14)(H,15,16). The Labute approximate surface area is 92.5 Å². The molecule has 7 nitrogen and oxygen atoms in total. The first-order valence-electron chi connectivity index (χ1n) is 4.91. The smallest absolute Gasteiger partial charge is 0.303 e. The molecule has 0 bridgehead atoms. The van der Waals surface area contributed by atoms with E-state index in [0.29, 0.717) is 6.42 Å². The van der Waals surface area contributed by atoms with Crippen molar-refractivity contribution < 1.29 is 14.7 Å². The molecule has 1 aromatic rings. The maximum absolute atomic E-state index is 11.4. The van der Waals surface area contributed by atoms with E-state index in [2.05, 4.69) is 15.4 Å². The predicted octanol–water partition coefficient (Wildman–Crippen LogP) is -0.352. The van der Waals surface area contributed by atoms with Gasteiger partial charge in [0.1, 0.15) is 19.2 Å². The van der Waals surface area contributed by atoms with Gasteiger partial charge in [-0.2, -0.15) is 5.10 Å². The third-order valence-corrected chi connectivity index (χ3v) is 1.97. The first kappa shape index (κ1) is 12.2. The third kappa shape index (κ3) is 4.54. The van der Waals surface area contributed by atoms with Gasteiger partial charge in [0.2, 0.25) is 5.91 Å². The molecule has 0 radical (unpaired) electrons. The van der Waals surface area contributed by atoms with Gasteiger partial charge in [-0.1, -0.05) is 0 Å². The largest absolute Gasteiger partial charge is 0.481 e. The molecule has 0 saturated heterocycles. The molecule has 0 aromatic carbocycles. The van der Waals surface area contributed by atoms with Gasteiger partial charge in [0, 0.05) is 12.5 Å². The van der Waals surface area contributed by atoms with Gasteiger partial charge in [0.25, 0.3) is 0 Å². The van der Waals surface area contributed by atoms with Crippen LogP contribution in [0.4, 0.5) is 0 Å². The van der Waals surface area contributed by atoms with E-state index in [0.717, 1.165) is 0 Å². The highest BCUT2D eigenvalue weighted by atomic mass is 16.4. The highest BCUT2D eigenvalue weighted by Crippen LogP contribution is 1.96. The van der Waals surface area contributed by atoms with E-state index in [1.807, 2.05) is 0 Å². The van der Waals surface area contributed by atoms with E-state index < -0.39 is 5.97 Å². The minimum absolute atomic E-state index is 0.0464. The van der Waals surface area contributed by atoms with E-state index >= 15 is 0 Å². The van der Waals surface area contributed by atoms with Gasteiger partial charge >= 0.3 is 5.97 Å². The number of nitrogens with one attached hydrogen (secondary N) is 1. The quantitative estimate of drug-likeness (QED) is 0.690. The van der Waals surface area contributed by atoms with Crippen molar-refractivity contribution in [3.8, 4) is 0 Å². The number of carboxylic acids is 1. The lowest BCUT2D eigenvalue weighted by Crippen LogP contribution is -2.35. The minimum atomic E-state index is -0.864. The second-order valence-electron chi connectivity index (χ2n) is 3.49. The van der Waals surface area contributed by atoms with Gasteiger partial charge in [-0.25, -0.2) is 9.67 Å². The van der Waals surface area contributed by atoms with Gasteiger partial charge in [0.15, 0.2) is 0 Å². The molecule has 1 amide bonds. The molecular weight excluding hydrogens is 212 g/mol. The maximum Gasteiger partial charge on any atom is 0.303 e. The van der Waals surface area contributed by atoms with Crippen LogP contribution in [0.25, 0.3) is 0 Å². The number of carbonyl (C=O) groups excluding carboxylic acids is 1. The Hall–Kier alpha value is -1.92. The summed E-state index contributed by atoms with van der Waals surface area (Å²) in [4.78, 5) is 25.4. The Morgan fingerprint density at radius 1 is 1.56 bits per heavy atom. The molecule has 1 unspecified atom stereocenters. The lowest BCUT2D eigenvalue weighted by molar-refractivity contribution is -0.137. The van der Waals surface area contributed by atoms with E-state index in [1.54, 1.807) is 6.92 Å².